The summed E-state index contributed by atoms with van der Waals surface area (Å²) in [7, 11) is 1.33. The van der Waals surface area contributed by atoms with Crippen molar-refractivity contribution in [2.24, 2.45) is 0 Å². The van der Waals surface area contributed by atoms with Crippen molar-refractivity contribution in [2.45, 2.75) is 20.0 Å². The molecule has 0 fully saturated rings. The van der Waals surface area contributed by atoms with Crippen LogP contribution in [0.25, 0.3) is 0 Å². The Hall–Kier alpha value is -0.830. The summed E-state index contributed by atoms with van der Waals surface area (Å²) in [5.74, 6) is -0.411. The Morgan fingerprint density at radius 3 is 2.55 bits per heavy atom. The highest BCUT2D eigenvalue weighted by atomic mass is 16.5. The largest absolute Gasteiger partial charge is 0.466 e. The number of rotatable bonds is 4. The van der Waals surface area contributed by atoms with Gasteiger partial charge in [-0.15, -0.1) is 0 Å². The lowest BCUT2D eigenvalue weighted by atomic mass is 10.2. The molecule has 64 valence electrons. The second-order valence-electron chi connectivity index (χ2n) is 2.11. The summed E-state index contributed by atoms with van der Waals surface area (Å²) in [6, 6.07) is 0. The fourth-order valence-corrected chi connectivity index (χ4v) is 0.648. The van der Waals surface area contributed by atoms with E-state index in [2.05, 4.69) is 11.3 Å². The van der Waals surface area contributed by atoms with E-state index in [4.69, 9.17) is 4.74 Å². The Morgan fingerprint density at radius 1 is 1.64 bits per heavy atom. The highest BCUT2D eigenvalue weighted by Gasteiger charge is 2.14. The highest BCUT2D eigenvalue weighted by molar-refractivity contribution is 5.88. The Morgan fingerprint density at radius 2 is 2.18 bits per heavy atom. The second-order valence-corrected chi connectivity index (χ2v) is 2.11. The highest BCUT2D eigenvalue weighted by Crippen LogP contribution is 2.04. The molecule has 1 unspecified atom stereocenters. The molecule has 0 aliphatic rings. The van der Waals surface area contributed by atoms with Crippen molar-refractivity contribution in [1.29, 1.82) is 0 Å². The Balaban J connectivity index is 3.91. The summed E-state index contributed by atoms with van der Waals surface area (Å²) >= 11 is 0. The SMILES string of the molecule is C=C(C(=O)OC)C(C)OCC. The first-order valence-electron chi connectivity index (χ1n) is 3.52. The molecule has 0 radical (unpaired) electrons. The van der Waals surface area contributed by atoms with Crippen LogP contribution in [0, 0.1) is 0 Å². The van der Waals surface area contributed by atoms with Crippen molar-refractivity contribution in [1.82, 2.24) is 0 Å². The number of methoxy groups -OCH3 is 1. The van der Waals surface area contributed by atoms with E-state index < -0.39 is 5.97 Å². The van der Waals surface area contributed by atoms with Gasteiger partial charge in [0.1, 0.15) is 0 Å². The van der Waals surface area contributed by atoms with Crippen molar-refractivity contribution >= 4 is 5.97 Å². The molecular weight excluding hydrogens is 144 g/mol. The minimum atomic E-state index is -0.411. The summed E-state index contributed by atoms with van der Waals surface area (Å²) in [4.78, 5) is 10.8. The van der Waals surface area contributed by atoms with Crippen molar-refractivity contribution in [3.63, 3.8) is 0 Å². The molecule has 0 N–H and O–H groups in total. The fourth-order valence-electron chi connectivity index (χ4n) is 0.648. The maximum Gasteiger partial charge on any atom is 0.335 e. The summed E-state index contributed by atoms with van der Waals surface area (Å²) in [6.45, 7) is 7.74. The molecule has 0 amide bonds. The van der Waals surface area contributed by atoms with Crippen LogP contribution in [-0.4, -0.2) is 25.8 Å². The minimum Gasteiger partial charge on any atom is -0.466 e. The molecule has 0 aromatic rings. The molecule has 0 aromatic carbocycles. The zero-order valence-electron chi connectivity index (χ0n) is 7.22. The first-order chi connectivity index (χ1) is 5.13. The van der Waals surface area contributed by atoms with E-state index in [1.54, 1.807) is 6.92 Å². The van der Waals surface area contributed by atoms with Gasteiger partial charge in [-0.05, 0) is 13.8 Å². The van der Waals surface area contributed by atoms with Crippen LogP contribution in [0.3, 0.4) is 0 Å². The first kappa shape index (κ1) is 10.2. The van der Waals surface area contributed by atoms with E-state index in [9.17, 15) is 4.79 Å². The molecule has 0 bridgehead atoms. The molecule has 0 saturated carbocycles. The Kier molecular flexibility index (Phi) is 4.54. The summed E-state index contributed by atoms with van der Waals surface area (Å²) in [6.07, 6.45) is -0.257. The lowest BCUT2D eigenvalue weighted by Gasteiger charge is -2.11. The summed E-state index contributed by atoms with van der Waals surface area (Å²) in [5.41, 5.74) is 0.356. The third kappa shape index (κ3) is 3.18. The fraction of sp³-hybridized carbons (Fsp3) is 0.625. The molecule has 0 rings (SSSR count). The number of ether oxygens (including phenoxy) is 2. The third-order valence-corrected chi connectivity index (χ3v) is 1.35. The van der Waals surface area contributed by atoms with Gasteiger partial charge in [-0.2, -0.15) is 0 Å². The standard InChI is InChI=1S/C8H14O3/c1-5-11-7(3)6(2)8(9)10-4/h7H,2,5H2,1,3-4H3. The number of esters is 1. The summed E-state index contributed by atoms with van der Waals surface area (Å²) < 4.78 is 9.59. The van der Waals surface area contributed by atoms with Crippen LogP contribution < -0.4 is 0 Å². The minimum absolute atomic E-state index is 0.257. The van der Waals surface area contributed by atoms with E-state index in [0.717, 1.165) is 0 Å². The monoisotopic (exact) mass is 158 g/mol. The quantitative estimate of drug-likeness (QED) is 0.454. The normalized spacial score (nSPS) is 12.3. The molecule has 11 heavy (non-hydrogen) atoms. The average Bonchev–Trinajstić information content (AvgIpc) is 2.02. The predicted octanol–water partition coefficient (Wildman–Crippen LogP) is 1.14. The molecule has 0 saturated heterocycles. The molecule has 0 aromatic heterocycles. The van der Waals surface area contributed by atoms with Crippen LogP contribution in [0.15, 0.2) is 12.2 Å². The maximum atomic E-state index is 10.8. The van der Waals surface area contributed by atoms with E-state index >= 15 is 0 Å². The third-order valence-electron chi connectivity index (χ3n) is 1.35. The number of carbonyl (C=O) groups is 1. The topological polar surface area (TPSA) is 35.5 Å². The molecule has 0 aliphatic heterocycles. The first-order valence-corrected chi connectivity index (χ1v) is 3.52. The van der Waals surface area contributed by atoms with Gasteiger partial charge in [-0.1, -0.05) is 6.58 Å². The van der Waals surface area contributed by atoms with E-state index in [1.165, 1.54) is 7.11 Å². The Labute approximate surface area is 67.0 Å². The van der Waals surface area contributed by atoms with Crippen LogP contribution in [0.2, 0.25) is 0 Å². The lowest BCUT2D eigenvalue weighted by molar-refractivity contribution is -0.137. The summed E-state index contributed by atoms with van der Waals surface area (Å²) in [5, 5.41) is 0. The predicted molar refractivity (Wildman–Crippen MR) is 42.2 cm³/mol. The molecule has 0 heterocycles. The van der Waals surface area contributed by atoms with E-state index in [1.807, 2.05) is 6.92 Å². The number of hydrogen-bond donors (Lipinski definition) is 0. The van der Waals surface area contributed by atoms with Crippen LogP contribution in [0.5, 0.6) is 0 Å². The van der Waals surface area contributed by atoms with Crippen molar-refractivity contribution in [3.05, 3.63) is 12.2 Å². The molecule has 0 spiro atoms. The van der Waals surface area contributed by atoms with Crippen LogP contribution in [0.1, 0.15) is 13.8 Å². The second kappa shape index (κ2) is 4.91. The van der Waals surface area contributed by atoms with Gasteiger partial charge in [-0.25, -0.2) is 4.79 Å². The molecule has 3 nitrogen and oxygen atoms in total. The van der Waals surface area contributed by atoms with Gasteiger partial charge < -0.3 is 9.47 Å². The van der Waals surface area contributed by atoms with Gasteiger partial charge in [0, 0.05) is 6.61 Å². The van der Waals surface area contributed by atoms with E-state index in [0.29, 0.717) is 12.2 Å². The van der Waals surface area contributed by atoms with Crippen LogP contribution in [0.4, 0.5) is 0 Å². The van der Waals surface area contributed by atoms with Crippen LogP contribution >= 0.6 is 0 Å². The van der Waals surface area contributed by atoms with Gasteiger partial charge in [0.05, 0.1) is 18.8 Å². The zero-order chi connectivity index (χ0) is 8.85. The van der Waals surface area contributed by atoms with E-state index in [-0.39, 0.29) is 6.10 Å². The lowest BCUT2D eigenvalue weighted by Crippen LogP contribution is -2.18. The van der Waals surface area contributed by atoms with Crippen LogP contribution in [-0.2, 0) is 14.3 Å². The zero-order valence-corrected chi connectivity index (χ0v) is 7.22. The van der Waals surface area contributed by atoms with Gasteiger partial charge in [0.15, 0.2) is 0 Å². The van der Waals surface area contributed by atoms with Crippen molar-refractivity contribution in [2.75, 3.05) is 13.7 Å². The van der Waals surface area contributed by atoms with Crippen molar-refractivity contribution < 1.29 is 14.3 Å². The van der Waals surface area contributed by atoms with Gasteiger partial charge >= 0.3 is 5.97 Å². The molecule has 0 aliphatic carbocycles. The molecule has 1 atom stereocenters. The van der Waals surface area contributed by atoms with Gasteiger partial charge in [-0.3, -0.25) is 0 Å². The van der Waals surface area contributed by atoms with Gasteiger partial charge in [0.25, 0.3) is 0 Å². The molecule has 3 heteroatoms. The molecular formula is C8H14O3. The van der Waals surface area contributed by atoms with Crippen molar-refractivity contribution in [3.8, 4) is 0 Å². The number of carbonyl (C=O) groups excluding carboxylic acids is 1. The number of hydrogen-bond acceptors (Lipinski definition) is 3. The Bertz CT molecular complexity index is 151. The van der Waals surface area contributed by atoms with Gasteiger partial charge in [0.2, 0.25) is 0 Å². The maximum absolute atomic E-state index is 10.8. The smallest absolute Gasteiger partial charge is 0.335 e. The average molecular weight is 158 g/mol.